The average molecular weight is 419 g/mol. The smallest absolute Gasteiger partial charge is 0.288 e. The normalized spacial score (nSPS) is 11.1. The first kappa shape index (κ1) is 19.4. The molecule has 0 saturated carbocycles. The molecule has 0 spiro atoms. The van der Waals surface area contributed by atoms with E-state index in [1.54, 1.807) is 18.2 Å². The molecular formula is C22H15ClN4O3. The second-order valence-corrected chi connectivity index (χ2v) is 6.92. The summed E-state index contributed by atoms with van der Waals surface area (Å²) in [6, 6.07) is 20.8. The third-order valence-electron chi connectivity index (χ3n) is 4.53. The van der Waals surface area contributed by atoms with E-state index in [9.17, 15) is 14.9 Å². The summed E-state index contributed by atoms with van der Waals surface area (Å²) < 4.78 is 0. The molecule has 1 aromatic heterocycles. The first-order valence-electron chi connectivity index (χ1n) is 8.97. The van der Waals surface area contributed by atoms with Crippen molar-refractivity contribution in [1.29, 1.82) is 0 Å². The fraction of sp³-hybridized carbons (Fsp3) is 0. The van der Waals surface area contributed by atoms with Crippen molar-refractivity contribution < 1.29 is 9.72 Å². The van der Waals surface area contributed by atoms with Gasteiger partial charge in [0.2, 0.25) is 0 Å². The highest BCUT2D eigenvalue weighted by Crippen LogP contribution is 2.34. The van der Waals surface area contributed by atoms with Gasteiger partial charge in [-0.25, -0.2) is 5.43 Å². The lowest BCUT2D eigenvalue weighted by Crippen LogP contribution is -2.18. The van der Waals surface area contributed by atoms with Gasteiger partial charge in [-0.15, -0.1) is 0 Å². The second kappa shape index (κ2) is 8.18. The van der Waals surface area contributed by atoms with Crippen LogP contribution in [-0.4, -0.2) is 22.0 Å². The average Bonchev–Trinajstić information content (AvgIpc) is 3.13. The molecule has 8 heteroatoms. The Morgan fingerprint density at radius 1 is 1.07 bits per heavy atom. The Morgan fingerprint density at radius 3 is 2.50 bits per heavy atom. The van der Waals surface area contributed by atoms with E-state index in [4.69, 9.17) is 11.6 Å². The van der Waals surface area contributed by atoms with Crippen LogP contribution in [0.25, 0.3) is 22.0 Å². The van der Waals surface area contributed by atoms with Crippen LogP contribution in [0.4, 0.5) is 5.69 Å². The molecule has 0 saturated heterocycles. The molecule has 4 rings (SSSR count). The van der Waals surface area contributed by atoms with Crippen molar-refractivity contribution in [3.05, 3.63) is 99.2 Å². The van der Waals surface area contributed by atoms with Crippen molar-refractivity contribution in [3.63, 3.8) is 0 Å². The third-order valence-corrected chi connectivity index (χ3v) is 4.77. The van der Waals surface area contributed by atoms with Gasteiger partial charge in [0.15, 0.2) is 0 Å². The summed E-state index contributed by atoms with van der Waals surface area (Å²) in [5.41, 5.74) is 5.85. The number of nitrogens with one attached hydrogen (secondary N) is 2. The third kappa shape index (κ3) is 3.92. The molecule has 0 radical (unpaired) electrons. The maximum absolute atomic E-state index is 12.8. The van der Waals surface area contributed by atoms with E-state index in [1.807, 2.05) is 42.5 Å². The molecule has 0 aliphatic carbocycles. The number of halogens is 1. The number of non-ortho nitro benzene ring substituents is 1. The maximum Gasteiger partial charge on any atom is 0.288 e. The number of nitrogens with zero attached hydrogens (tertiary/aromatic N) is 2. The number of hydrogen-bond acceptors (Lipinski definition) is 4. The minimum Gasteiger partial charge on any atom is -0.350 e. The zero-order valence-electron chi connectivity index (χ0n) is 15.5. The number of nitro benzene ring substituents is 1. The van der Waals surface area contributed by atoms with Gasteiger partial charge in [-0.2, -0.15) is 5.10 Å². The number of amides is 1. The number of carbonyl (C=O) groups is 1. The van der Waals surface area contributed by atoms with E-state index < -0.39 is 10.8 Å². The summed E-state index contributed by atoms with van der Waals surface area (Å²) in [6.07, 6.45) is 1.42. The molecule has 0 aliphatic heterocycles. The number of aromatic nitrogens is 1. The number of rotatable bonds is 5. The summed E-state index contributed by atoms with van der Waals surface area (Å²) in [4.78, 5) is 26.2. The van der Waals surface area contributed by atoms with Crippen LogP contribution in [0.5, 0.6) is 0 Å². The molecule has 0 unspecified atom stereocenters. The number of fused-ring (bicyclic) bond motifs is 1. The van der Waals surface area contributed by atoms with Crippen LogP contribution in [0.3, 0.4) is 0 Å². The van der Waals surface area contributed by atoms with Crippen molar-refractivity contribution in [2.45, 2.75) is 0 Å². The van der Waals surface area contributed by atoms with E-state index in [0.29, 0.717) is 16.3 Å². The Kier molecular flexibility index (Phi) is 5.28. The minimum absolute atomic E-state index is 0.0135. The number of benzene rings is 3. The summed E-state index contributed by atoms with van der Waals surface area (Å²) in [5.74, 6) is -0.417. The van der Waals surface area contributed by atoms with Crippen LogP contribution >= 0.6 is 11.6 Å². The highest BCUT2D eigenvalue weighted by Gasteiger charge is 2.19. The zero-order valence-corrected chi connectivity index (χ0v) is 16.3. The monoisotopic (exact) mass is 418 g/mol. The van der Waals surface area contributed by atoms with Crippen LogP contribution in [0.15, 0.2) is 77.9 Å². The Bertz CT molecular complexity index is 1270. The van der Waals surface area contributed by atoms with Gasteiger partial charge in [0.25, 0.3) is 11.6 Å². The van der Waals surface area contributed by atoms with Crippen LogP contribution in [0.1, 0.15) is 16.1 Å². The second-order valence-electron chi connectivity index (χ2n) is 6.48. The first-order chi connectivity index (χ1) is 14.5. The molecule has 2 N–H and O–H groups in total. The summed E-state index contributed by atoms with van der Waals surface area (Å²) in [5, 5.41) is 16.1. The van der Waals surface area contributed by atoms with Gasteiger partial charge >= 0.3 is 0 Å². The Morgan fingerprint density at radius 2 is 1.80 bits per heavy atom. The number of hydrazone groups is 1. The Hall–Kier alpha value is -3.97. The summed E-state index contributed by atoms with van der Waals surface area (Å²) >= 11 is 6.17. The van der Waals surface area contributed by atoms with Gasteiger partial charge in [0, 0.05) is 33.6 Å². The molecule has 30 heavy (non-hydrogen) atoms. The van der Waals surface area contributed by atoms with Crippen LogP contribution in [-0.2, 0) is 0 Å². The van der Waals surface area contributed by atoms with Gasteiger partial charge in [-0.3, -0.25) is 14.9 Å². The largest absolute Gasteiger partial charge is 0.350 e. The molecule has 0 fully saturated rings. The van der Waals surface area contributed by atoms with E-state index in [-0.39, 0.29) is 5.69 Å². The number of aromatic amines is 1. The molecule has 0 bridgehead atoms. The fourth-order valence-electron chi connectivity index (χ4n) is 3.14. The predicted molar refractivity (Wildman–Crippen MR) is 117 cm³/mol. The predicted octanol–water partition coefficient (Wildman–Crippen LogP) is 5.16. The number of hydrogen-bond donors (Lipinski definition) is 2. The molecule has 148 valence electrons. The topological polar surface area (TPSA) is 100 Å². The number of carbonyl (C=O) groups excluding carboxylic acids is 1. The van der Waals surface area contributed by atoms with Crippen molar-refractivity contribution in [2.24, 2.45) is 5.10 Å². The molecule has 1 heterocycles. The highest BCUT2D eigenvalue weighted by atomic mass is 35.5. The molecule has 0 aliphatic rings. The minimum atomic E-state index is -0.476. The Labute approximate surface area is 176 Å². The van der Waals surface area contributed by atoms with Crippen LogP contribution in [0, 0.1) is 10.1 Å². The summed E-state index contributed by atoms with van der Waals surface area (Å²) in [7, 11) is 0. The van der Waals surface area contributed by atoms with Crippen molar-refractivity contribution in [3.8, 4) is 11.1 Å². The summed E-state index contributed by atoms with van der Waals surface area (Å²) in [6.45, 7) is 0. The molecule has 3 aromatic carbocycles. The van der Waals surface area contributed by atoms with Crippen LogP contribution in [0.2, 0.25) is 5.02 Å². The van der Waals surface area contributed by atoms with E-state index in [0.717, 1.165) is 22.0 Å². The molecule has 4 aromatic rings. The van der Waals surface area contributed by atoms with Crippen molar-refractivity contribution >= 4 is 40.3 Å². The molecular weight excluding hydrogens is 404 g/mol. The van der Waals surface area contributed by atoms with Gasteiger partial charge in [-0.1, -0.05) is 41.9 Å². The maximum atomic E-state index is 12.8. The standard InChI is InChI=1S/C22H15ClN4O3/c23-16-8-11-19-18(12-16)20(15-4-2-1-3-5-15)21(25-19)22(28)26-24-13-14-6-9-17(10-7-14)27(29)30/h1-13,25H,(H,26,28)/b24-13-. The van der Waals surface area contributed by atoms with E-state index >= 15 is 0 Å². The lowest BCUT2D eigenvalue weighted by atomic mass is 10.0. The van der Waals surface area contributed by atoms with Gasteiger partial charge in [0.1, 0.15) is 5.69 Å². The molecule has 0 atom stereocenters. The van der Waals surface area contributed by atoms with Crippen molar-refractivity contribution in [2.75, 3.05) is 0 Å². The van der Waals surface area contributed by atoms with E-state index in [1.165, 1.54) is 18.3 Å². The van der Waals surface area contributed by atoms with Crippen molar-refractivity contribution in [1.82, 2.24) is 10.4 Å². The lowest BCUT2D eigenvalue weighted by molar-refractivity contribution is -0.384. The number of H-pyrrole nitrogens is 1. The number of nitro groups is 1. The highest BCUT2D eigenvalue weighted by molar-refractivity contribution is 6.31. The van der Waals surface area contributed by atoms with E-state index in [2.05, 4.69) is 15.5 Å². The SMILES string of the molecule is O=C(N/N=C\c1ccc([N+](=O)[O-])cc1)c1[nH]c2ccc(Cl)cc2c1-c1ccccc1. The Balaban J connectivity index is 1.64. The van der Waals surface area contributed by atoms with Crippen LogP contribution < -0.4 is 5.43 Å². The molecule has 1 amide bonds. The fourth-order valence-corrected chi connectivity index (χ4v) is 3.31. The zero-order chi connectivity index (χ0) is 21.1. The van der Waals surface area contributed by atoms with Gasteiger partial charge in [-0.05, 0) is 41.5 Å². The quantitative estimate of drug-likeness (QED) is 0.266. The van der Waals surface area contributed by atoms with Gasteiger partial charge < -0.3 is 4.98 Å². The first-order valence-corrected chi connectivity index (χ1v) is 9.35. The lowest BCUT2D eigenvalue weighted by Gasteiger charge is -2.04. The van der Waals surface area contributed by atoms with Gasteiger partial charge in [0.05, 0.1) is 11.1 Å². The molecule has 7 nitrogen and oxygen atoms in total.